The molecule has 0 saturated carbocycles. The van der Waals surface area contributed by atoms with Crippen LogP contribution in [0.4, 0.5) is 11.4 Å². The molecule has 0 bridgehead atoms. The number of nitro benzene ring substituents is 1. The third-order valence-electron chi connectivity index (χ3n) is 3.14. The zero-order chi connectivity index (χ0) is 17.4. The summed E-state index contributed by atoms with van der Waals surface area (Å²) in [5, 5.41) is 11.3. The van der Waals surface area contributed by atoms with Crippen LogP contribution in [0.15, 0.2) is 35.2 Å². The number of aryl methyl sites for hydroxylation is 2. The highest BCUT2D eigenvalue weighted by atomic mass is 35.5. The molecule has 9 heteroatoms. The minimum absolute atomic E-state index is 0.0492. The zero-order valence-corrected chi connectivity index (χ0v) is 14.5. The van der Waals surface area contributed by atoms with Gasteiger partial charge in [-0.1, -0.05) is 23.2 Å². The van der Waals surface area contributed by atoms with Gasteiger partial charge in [0.15, 0.2) is 0 Å². The van der Waals surface area contributed by atoms with Gasteiger partial charge in [0.1, 0.15) is 5.02 Å². The highest BCUT2D eigenvalue weighted by Gasteiger charge is 2.20. The summed E-state index contributed by atoms with van der Waals surface area (Å²) < 4.78 is 27.3. The van der Waals surface area contributed by atoms with Crippen molar-refractivity contribution < 1.29 is 13.3 Å². The van der Waals surface area contributed by atoms with E-state index < -0.39 is 14.9 Å². The van der Waals surface area contributed by atoms with E-state index in [0.717, 1.165) is 6.07 Å². The van der Waals surface area contributed by atoms with Gasteiger partial charge >= 0.3 is 0 Å². The maximum Gasteiger partial charge on any atom is 0.289 e. The molecule has 0 fully saturated rings. The van der Waals surface area contributed by atoms with Crippen molar-refractivity contribution in [3.63, 3.8) is 0 Å². The molecule has 0 saturated heterocycles. The van der Waals surface area contributed by atoms with E-state index in [4.69, 9.17) is 23.2 Å². The van der Waals surface area contributed by atoms with Crippen molar-refractivity contribution in [3.8, 4) is 0 Å². The van der Waals surface area contributed by atoms with Gasteiger partial charge in [0.05, 0.1) is 15.5 Å². The number of sulfonamides is 1. The van der Waals surface area contributed by atoms with E-state index >= 15 is 0 Å². The molecule has 0 atom stereocenters. The maximum atomic E-state index is 12.5. The lowest BCUT2D eigenvalue weighted by Crippen LogP contribution is -2.14. The van der Waals surface area contributed by atoms with Crippen molar-refractivity contribution in [2.24, 2.45) is 0 Å². The van der Waals surface area contributed by atoms with Crippen molar-refractivity contribution in [2.75, 3.05) is 4.72 Å². The van der Waals surface area contributed by atoms with Gasteiger partial charge in [0.2, 0.25) is 0 Å². The molecule has 0 aliphatic heterocycles. The third-order valence-corrected chi connectivity index (χ3v) is 5.39. The molecule has 6 nitrogen and oxygen atoms in total. The molecule has 0 unspecified atom stereocenters. The second-order valence-electron chi connectivity index (χ2n) is 4.90. The molecule has 23 heavy (non-hydrogen) atoms. The fourth-order valence-electron chi connectivity index (χ4n) is 1.97. The van der Waals surface area contributed by atoms with Crippen LogP contribution in [0.5, 0.6) is 0 Å². The molecule has 0 heterocycles. The highest BCUT2D eigenvalue weighted by Crippen LogP contribution is 2.30. The molecule has 122 valence electrons. The van der Waals surface area contributed by atoms with E-state index in [-0.39, 0.29) is 21.3 Å². The summed E-state index contributed by atoms with van der Waals surface area (Å²) in [6, 6.07) is 6.68. The summed E-state index contributed by atoms with van der Waals surface area (Å²) in [5.74, 6) is 0. The summed E-state index contributed by atoms with van der Waals surface area (Å²) in [5.41, 5.74) is 0.750. The van der Waals surface area contributed by atoms with Crippen LogP contribution in [0.2, 0.25) is 10.0 Å². The summed E-state index contributed by atoms with van der Waals surface area (Å²) in [7, 11) is -3.91. The number of anilines is 1. The number of hydrogen-bond donors (Lipinski definition) is 1. The van der Waals surface area contributed by atoms with Gasteiger partial charge in [-0.2, -0.15) is 0 Å². The normalized spacial score (nSPS) is 11.3. The summed E-state index contributed by atoms with van der Waals surface area (Å²) >= 11 is 11.7. The molecule has 2 aromatic rings. The largest absolute Gasteiger partial charge is 0.289 e. The Hall–Kier alpha value is -1.83. The molecule has 2 rings (SSSR count). The number of halogens is 2. The molecule has 2 aromatic carbocycles. The minimum atomic E-state index is -3.91. The number of rotatable bonds is 4. The number of nitrogens with zero attached hydrogens (tertiary/aromatic N) is 1. The Kier molecular flexibility index (Phi) is 4.84. The molecule has 0 aliphatic rings. The molecular formula is C14H12Cl2N2O4S. The van der Waals surface area contributed by atoms with E-state index in [1.54, 1.807) is 19.9 Å². The SMILES string of the molecule is Cc1cc(S(=O)(=O)Nc2ccc(Cl)c([N+](=O)[O-])c2)c(C)cc1Cl. The van der Waals surface area contributed by atoms with Crippen LogP contribution in [0.25, 0.3) is 0 Å². The van der Waals surface area contributed by atoms with Crippen LogP contribution in [0.1, 0.15) is 11.1 Å². The monoisotopic (exact) mass is 374 g/mol. The predicted octanol–water partition coefficient (Wildman–Crippen LogP) is 4.32. The topological polar surface area (TPSA) is 89.3 Å². The van der Waals surface area contributed by atoms with Gasteiger partial charge in [-0.3, -0.25) is 14.8 Å². The number of nitrogens with one attached hydrogen (secondary N) is 1. The molecule has 0 aromatic heterocycles. The number of nitro groups is 1. The Morgan fingerprint density at radius 1 is 1.04 bits per heavy atom. The van der Waals surface area contributed by atoms with Gasteiger partial charge in [-0.05, 0) is 49.2 Å². The lowest BCUT2D eigenvalue weighted by atomic mass is 10.2. The first-order valence-corrected chi connectivity index (χ1v) is 8.59. The van der Waals surface area contributed by atoms with Crippen molar-refractivity contribution in [3.05, 3.63) is 61.6 Å². The summed E-state index contributed by atoms with van der Waals surface area (Å²) in [4.78, 5) is 10.2. The first kappa shape index (κ1) is 17.5. The Bertz CT molecular complexity index is 898. The van der Waals surface area contributed by atoms with E-state index in [2.05, 4.69) is 4.72 Å². The van der Waals surface area contributed by atoms with Crippen LogP contribution < -0.4 is 4.72 Å². The van der Waals surface area contributed by atoms with Crippen molar-refractivity contribution in [2.45, 2.75) is 18.7 Å². The van der Waals surface area contributed by atoms with Gasteiger partial charge < -0.3 is 0 Å². The van der Waals surface area contributed by atoms with Crippen LogP contribution in [0, 0.1) is 24.0 Å². The quantitative estimate of drug-likeness (QED) is 0.637. The maximum absolute atomic E-state index is 12.5. The lowest BCUT2D eigenvalue weighted by Gasteiger charge is -2.12. The molecular weight excluding hydrogens is 363 g/mol. The minimum Gasteiger partial charge on any atom is -0.279 e. The second kappa shape index (κ2) is 6.35. The fraction of sp³-hybridized carbons (Fsp3) is 0.143. The summed E-state index contributed by atoms with van der Waals surface area (Å²) in [6.07, 6.45) is 0. The second-order valence-corrected chi connectivity index (χ2v) is 7.36. The zero-order valence-electron chi connectivity index (χ0n) is 12.1. The first-order valence-electron chi connectivity index (χ1n) is 6.35. The Morgan fingerprint density at radius 2 is 1.70 bits per heavy atom. The van der Waals surface area contributed by atoms with Crippen molar-refractivity contribution >= 4 is 44.6 Å². The highest BCUT2D eigenvalue weighted by molar-refractivity contribution is 7.92. The molecule has 1 N–H and O–H groups in total. The van der Waals surface area contributed by atoms with E-state index in [1.165, 1.54) is 18.2 Å². The van der Waals surface area contributed by atoms with E-state index in [0.29, 0.717) is 16.1 Å². The van der Waals surface area contributed by atoms with Crippen LogP contribution in [-0.2, 0) is 10.0 Å². The molecule has 0 amide bonds. The number of benzene rings is 2. The van der Waals surface area contributed by atoms with Gasteiger partial charge in [0.25, 0.3) is 15.7 Å². The first-order chi connectivity index (χ1) is 10.6. The smallest absolute Gasteiger partial charge is 0.279 e. The summed E-state index contributed by atoms with van der Waals surface area (Å²) in [6.45, 7) is 3.30. The Morgan fingerprint density at radius 3 is 2.30 bits per heavy atom. The van der Waals surface area contributed by atoms with Crippen LogP contribution in [0.3, 0.4) is 0 Å². The molecule has 0 spiro atoms. The van der Waals surface area contributed by atoms with Gasteiger partial charge in [-0.25, -0.2) is 8.42 Å². The number of hydrogen-bond acceptors (Lipinski definition) is 4. The van der Waals surface area contributed by atoms with E-state index in [9.17, 15) is 18.5 Å². The Balaban J connectivity index is 2.45. The predicted molar refractivity (Wildman–Crippen MR) is 89.8 cm³/mol. The van der Waals surface area contributed by atoms with Crippen LogP contribution in [-0.4, -0.2) is 13.3 Å². The van der Waals surface area contributed by atoms with Gasteiger partial charge in [-0.15, -0.1) is 0 Å². The average Bonchev–Trinajstić information content (AvgIpc) is 2.44. The Labute approximate surface area is 143 Å². The fourth-order valence-corrected chi connectivity index (χ4v) is 3.74. The molecule has 0 aliphatic carbocycles. The molecule has 0 radical (unpaired) electrons. The lowest BCUT2D eigenvalue weighted by molar-refractivity contribution is -0.384. The average molecular weight is 375 g/mol. The third kappa shape index (κ3) is 3.74. The van der Waals surface area contributed by atoms with Crippen molar-refractivity contribution in [1.82, 2.24) is 0 Å². The van der Waals surface area contributed by atoms with E-state index in [1.807, 2.05) is 0 Å². The van der Waals surface area contributed by atoms with Gasteiger partial charge in [0, 0.05) is 11.1 Å². The van der Waals surface area contributed by atoms with Crippen molar-refractivity contribution in [1.29, 1.82) is 0 Å². The standard InChI is InChI=1S/C14H12Cl2N2O4S/c1-8-6-14(9(2)5-12(8)16)23(21,22)17-10-3-4-11(15)13(7-10)18(19)20/h3-7,17H,1-2H3. The van der Waals surface area contributed by atoms with Crippen LogP contribution >= 0.6 is 23.2 Å².